The van der Waals surface area contributed by atoms with E-state index < -0.39 is 0 Å². The van der Waals surface area contributed by atoms with E-state index in [1.54, 1.807) is 6.20 Å². The number of likely N-dealkylation sites (tertiary alicyclic amines) is 1. The predicted molar refractivity (Wildman–Crippen MR) is 99.0 cm³/mol. The van der Waals surface area contributed by atoms with E-state index in [9.17, 15) is 0 Å². The van der Waals surface area contributed by atoms with Gasteiger partial charge in [0.2, 0.25) is 5.88 Å². The molecule has 1 aliphatic heterocycles. The Morgan fingerprint density at radius 3 is 2.88 bits per heavy atom. The molecule has 0 aliphatic carbocycles. The lowest BCUT2D eigenvalue weighted by molar-refractivity contribution is 0.192. The first-order chi connectivity index (χ1) is 12.8. The van der Waals surface area contributed by atoms with Crippen LogP contribution in [0.4, 0.5) is 0 Å². The first kappa shape index (κ1) is 16.7. The molecule has 1 atom stereocenters. The van der Waals surface area contributed by atoms with Crippen LogP contribution in [0, 0.1) is 0 Å². The van der Waals surface area contributed by atoms with E-state index >= 15 is 0 Å². The predicted octanol–water partition coefficient (Wildman–Crippen LogP) is 3.38. The molecule has 6 heteroatoms. The minimum absolute atomic E-state index is 0.371. The van der Waals surface area contributed by atoms with Gasteiger partial charge in [-0.2, -0.15) is 0 Å². The molecule has 0 unspecified atom stereocenters. The molecule has 0 N–H and O–H groups in total. The fraction of sp³-hybridized carbons (Fsp3) is 0.350. The number of hydrogen-bond acceptors (Lipinski definition) is 5. The highest BCUT2D eigenvalue weighted by Crippen LogP contribution is 2.28. The highest BCUT2D eigenvalue weighted by molar-refractivity contribution is 5.26. The van der Waals surface area contributed by atoms with Crippen molar-refractivity contribution in [3.8, 4) is 11.6 Å². The van der Waals surface area contributed by atoms with E-state index in [-0.39, 0.29) is 0 Å². The van der Waals surface area contributed by atoms with Crippen LogP contribution in [0.3, 0.4) is 0 Å². The van der Waals surface area contributed by atoms with Gasteiger partial charge in [0.05, 0.1) is 18.4 Å². The second-order valence-electron chi connectivity index (χ2n) is 6.73. The van der Waals surface area contributed by atoms with E-state index in [0.717, 1.165) is 49.7 Å². The molecule has 6 nitrogen and oxygen atoms in total. The van der Waals surface area contributed by atoms with Gasteiger partial charge in [0.1, 0.15) is 11.6 Å². The van der Waals surface area contributed by atoms with E-state index in [0.29, 0.717) is 11.8 Å². The molecule has 4 rings (SSSR count). The topological polar surface area (TPSA) is 56.1 Å². The summed E-state index contributed by atoms with van der Waals surface area (Å²) in [7, 11) is 2.04. The van der Waals surface area contributed by atoms with Gasteiger partial charge in [0, 0.05) is 38.1 Å². The van der Waals surface area contributed by atoms with Gasteiger partial charge in [0.15, 0.2) is 0 Å². The quantitative estimate of drug-likeness (QED) is 0.707. The molecule has 1 fully saturated rings. The van der Waals surface area contributed by atoms with Crippen LogP contribution >= 0.6 is 0 Å². The van der Waals surface area contributed by atoms with Crippen LogP contribution in [0.1, 0.15) is 30.3 Å². The number of nitrogens with zero attached hydrogens (tertiary/aromatic N) is 5. The van der Waals surface area contributed by atoms with E-state index in [1.807, 2.05) is 56.0 Å². The van der Waals surface area contributed by atoms with Crippen LogP contribution in [0.2, 0.25) is 0 Å². The summed E-state index contributed by atoms with van der Waals surface area (Å²) in [6.07, 6.45) is 9.66. The molecule has 3 aromatic rings. The highest BCUT2D eigenvalue weighted by atomic mass is 16.5. The van der Waals surface area contributed by atoms with Gasteiger partial charge in [0.25, 0.3) is 0 Å². The van der Waals surface area contributed by atoms with Crippen molar-refractivity contribution in [1.82, 2.24) is 24.4 Å². The summed E-state index contributed by atoms with van der Waals surface area (Å²) in [5.41, 5.74) is 1.00. The molecule has 3 heterocycles. The maximum atomic E-state index is 5.84. The lowest BCUT2D eigenvalue weighted by Crippen LogP contribution is -2.35. The zero-order chi connectivity index (χ0) is 17.8. The van der Waals surface area contributed by atoms with Crippen molar-refractivity contribution in [3.05, 3.63) is 66.6 Å². The van der Waals surface area contributed by atoms with Crippen LogP contribution in [-0.2, 0) is 13.6 Å². The number of rotatable bonds is 5. The average molecular weight is 349 g/mol. The SMILES string of the molecule is Cn1ccnc1CN1CCC[C@@H](c2cncc(Oc3ccccc3)n2)C1. The molecule has 1 aliphatic rings. The van der Waals surface area contributed by atoms with Crippen molar-refractivity contribution in [2.75, 3.05) is 13.1 Å². The number of para-hydroxylation sites is 1. The monoisotopic (exact) mass is 349 g/mol. The minimum Gasteiger partial charge on any atom is -0.437 e. The number of benzene rings is 1. The second kappa shape index (κ2) is 7.66. The maximum absolute atomic E-state index is 5.84. The number of imidazole rings is 1. The molecule has 134 valence electrons. The average Bonchev–Trinajstić information content (AvgIpc) is 3.08. The van der Waals surface area contributed by atoms with Gasteiger partial charge < -0.3 is 9.30 Å². The van der Waals surface area contributed by atoms with Gasteiger partial charge in [-0.05, 0) is 31.5 Å². The molecular formula is C20H23N5O. The Balaban J connectivity index is 1.45. The molecule has 0 spiro atoms. The lowest BCUT2D eigenvalue weighted by atomic mass is 9.95. The Labute approximate surface area is 153 Å². The lowest BCUT2D eigenvalue weighted by Gasteiger charge is -2.32. The summed E-state index contributed by atoms with van der Waals surface area (Å²) >= 11 is 0. The minimum atomic E-state index is 0.371. The fourth-order valence-corrected chi connectivity index (χ4v) is 3.41. The molecular weight excluding hydrogens is 326 g/mol. The number of hydrogen-bond donors (Lipinski definition) is 0. The van der Waals surface area contributed by atoms with Gasteiger partial charge >= 0.3 is 0 Å². The molecule has 1 saturated heterocycles. The Morgan fingerprint density at radius 1 is 1.19 bits per heavy atom. The summed E-state index contributed by atoms with van der Waals surface area (Å²) in [6.45, 7) is 2.93. The van der Waals surface area contributed by atoms with Crippen molar-refractivity contribution < 1.29 is 4.74 Å². The summed E-state index contributed by atoms with van der Waals surface area (Å²) < 4.78 is 7.92. The Hall–Kier alpha value is -2.73. The zero-order valence-electron chi connectivity index (χ0n) is 15.0. The van der Waals surface area contributed by atoms with Crippen LogP contribution in [0.15, 0.2) is 55.1 Å². The molecule has 0 bridgehead atoms. The van der Waals surface area contributed by atoms with Crippen LogP contribution in [0.25, 0.3) is 0 Å². The van der Waals surface area contributed by atoms with Crippen LogP contribution in [0.5, 0.6) is 11.6 Å². The van der Waals surface area contributed by atoms with Crippen LogP contribution < -0.4 is 4.74 Å². The van der Waals surface area contributed by atoms with E-state index in [1.165, 1.54) is 0 Å². The molecule has 0 amide bonds. The van der Waals surface area contributed by atoms with Gasteiger partial charge in [-0.25, -0.2) is 9.97 Å². The third-order valence-electron chi connectivity index (χ3n) is 4.81. The smallest absolute Gasteiger partial charge is 0.238 e. The van der Waals surface area contributed by atoms with Crippen molar-refractivity contribution >= 4 is 0 Å². The largest absolute Gasteiger partial charge is 0.437 e. The van der Waals surface area contributed by atoms with Crippen LogP contribution in [-0.4, -0.2) is 37.5 Å². The third kappa shape index (κ3) is 3.91. The van der Waals surface area contributed by atoms with Crippen molar-refractivity contribution in [3.63, 3.8) is 0 Å². The van der Waals surface area contributed by atoms with Crippen molar-refractivity contribution in [2.45, 2.75) is 25.3 Å². The Kier molecular flexibility index (Phi) is 4.93. The van der Waals surface area contributed by atoms with Gasteiger partial charge in [-0.15, -0.1) is 0 Å². The summed E-state index contributed by atoms with van der Waals surface area (Å²) in [5, 5.41) is 0. The Morgan fingerprint density at radius 2 is 2.08 bits per heavy atom. The molecule has 0 radical (unpaired) electrons. The molecule has 1 aromatic carbocycles. The summed E-state index contributed by atoms with van der Waals surface area (Å²) in [6, 6.07) is 9.70. The molecule has 26 heavy (non-hydrogen) atoms. The highest BCUT2D eigenvalue weighted by Gasteiger charge is 2.24. The maximum Gasteiger partial charge on any atom is 0.238 e. The van der Waals surface area contributed by atoms with Crippen molar-refractivity contribution in [1.29, 1.82) is 0 Å². The van der Waals surface area contributed by atoms with Gasteiger partial charge in [-0.1, -0.05) is 18.2 Å². The number of aromatic nitrogens is 4. The van der Waals surface area contributed by atoms with E-state index in [4.69, 9.17) is 9.72 Å². The zero-order valence-corrected chi connectivity index (χ0v) is 15.0. The number of ether oxygens (including phenoxy) is 1. The summed E-state index contributed by atoms with van der Waals surface area (Å²) in [5.74, 6) is 2.79. The Bertz CT molecular complexity index is 848. The fourth-order valence-electron chi connectivity index (χ4n) is 3.41. The first-order valence-corrected chi connectivity index (χ1v) is 9.01. The second-order valence-corrected chi connectivity index (χ2v) is 6.73. The standard InChI is InChI=1S/C20H23N5O/c1-24-11-9-22-19(24)15-25-10-5-6-16(14-25)18-12-21-13-20(23-18)26-17-7-3-2-4-8-17/h2-4,7-9,11-13,16H,5-6,10,14-15H2,1H3/t16-/m1/s1. The number of aryl methyl sites for hydroxylation is 1. The number of piperidine rings is 1. The van der Waals surface area contributed by atoms with Gasteiger partial charge in [-0.3, -0.25) is 9.88 Å². The van der Waals surface area contributed by atoms with E-state index in [2.05, 4.69) is 19.4 Å². The third-order valence-corrected chi connectivity index (χ3v) is 4.81. The summed E-state index contributed by atoms with van der Waals surface area (Å²) in [4.78, 5) is 15.9. The first-order valence-electron chi connectivity index (χ1n) is 9.01. The normalized spacial score (nSPS) is 18.0. The van der Waals surface area contributed by atoms with Crippen molar-refractivity contribution in [2.24, 2.45) is 7.05 Å². The molecule has 2 aromatic heterocycles. The molecule has 0 saturated carbocycles.